The molecule has 2 saturated heterocycles. The van der Waals surface area contributed by atoms with Crippen molar-refractivity contribution in [3.05, 3.63) is 78.1 Å². The van der Waals surface area contributed by atoms with Gasteiger partial charge in [-0.25, -0.2) is 0 Å². The van der Waals surface area contributed by atoms with Gasteiger partial charge in [0.15, 0.2) is 0 Å². The Labute approximate surface area is 227 Å². The molecule has 5 atom stereocenters. The summed E-state index contributed by atoms with van der Waals surface area (Å²) >= 11 is 0. The predicted octanol–water partition coefficient (Wildman–Crippen LogP) is 3.50. The minimum Gasteiger partial charge on any atom is -0.377 e. The molecule has 7 heteroatoms. The van der Waals surface area contributed by atoms with Gasteiger partial charge in [-0.2, -0.15) is 0 Å². The van der Waals surface area contributed by atoms with E-state index in [1.807, 2.05) is 6.08 Å². The molecule has 2 fully saturated rings. The number of anilines is 1. The van der Waals surface area contributed by atoms with Crippen LogP contribution in [0.5, 0.6) is 0 Å². The van der Waals surface area contributed by atoms with E-state index in [0.29, 0.717) is 18.5 Å². The molecular weight excluding hydrogens is 472 g/mol. The topological polar surface area (TPSA) is 57.6 Å². The van der Waals surface area contributed by atoms with Crippen LogP contribution >= 0.6 is 0 Å². The Hall–Kier alpha value is -2.71. The first-order chi connectivity index (χ1) is 18.6. The van der Waals surface area contributed by atoms with Crippen LogP contribution in [0.15, 0.2) is 77.5 Å². The summed E-state index contributed by atoms with van der Waals surface area (Å²) in [4.78, 5) is 14.5. The molecule has 0 spiro atoms. The van der Waals surface area contributed by atoms with Crippen molar-refractivity contribution in [3.8, 4) is 0 Å². The minimum absolute atomic E-state index is 0.0232. The Kier molecular flexibility index (Phi) is 7.52. The van der Waals surface area contributed by atoms with Gasteiger partial charge in [-0.05, 0) is 55.5 Å². The SMILES string of the molecule is CC1=CC=CC(N2CCN(C(O)CNC3C(c4ccc(N5CCCC5)cc4)N=C4C=CC=CN43)CC2)C1C. The minimum atomic E-state index is -0.523. The van der Waals surface area contributed by atoms with E-state index in [2.05, 4.69) is 99.6 Å². The maximum absolute atomic E-state index is 11.2. The molecule has 1 aliphatic carbocycles. The summed E-state index contributed by atoms with van der Waals surface area (Å²) < 4.78 is 0. The Morgan fingerprint density at radius 3 is 2.53 bits per heavy atom. The number of piperazine rings is 1. The van der Waals surface area contributed by atoms with Gasteiger partial charge in [-0.1, -0.05) is 48.9 Å². The van der Waals surface area contributed by atoms with Gasteiger partial charge in [0, 0.05) is 63.7 Å². The van der Waals surface area contributed by atoms with E-state index in [1.54, 1.807) is 0 Å². The van der Waals surface area contributed by atoms with E-state index < -0.39 is 6.23 Å². The third-order valence-electron chi connectivity index (χ3n) is 9.04. The van der Waals surface area contributed by atoms with Crippen molar-refractivity contribution >= 4 is 11.5 Å². The summed E-state index contributed by atoms with van der Waals surface area (Å²) in [5.74, 6) is 1.52. The highest BCUT2D eigenvalue weighted by atomic mass is 16.3. The van der Waals surface area contributed by atoms with Gasteiger partial charge < -0.3 is 14.9 Å². The maximum atomic E-state index is 11.2. The van der Waals surface area contributed by atoms with Crippen LogP contribution in [0.25, 0.3) is 0 Å². The van der Waals surface area contributed by atoms with Crippen molar-refractivity contribution in [3.63, 3.8) is 0 Å². The van der Waals surface area contributed by atoms with E-state index in [9.17, 15) is 5.11 Å². The largest absolute Gasteiger partial charge is 0.377 e. The number of nitrogens with zero attached hydrogens (tertiary/aromatic N) is 5. The molecule has 0 amide bonds. The van der Waals surface area contributed by atoms with Crippen LogP contribution in [0, 0.1) is 5.92 Å². The van der Waals surface area contributed by atoms with Crippen LogP contribution in [-0.2, 0) is 0 Å². The van der Waals surface area contributed by atoms with Crippen molar-refractivity contribution in [1.29, 1.82) is 0 Å². The first kappa shape index (κ1) is 25.6. The molecule has 0 aromatic heterocycles. The van der Waals surface area contributed by atoms with Crippen LogP contribution in [0.1, 0.15) is 38.3 Å². The average molecular weight is 515 g/mol. The van der Waals surface area contributed by atoms with Gasteiger partial charge in [-0.15, -0.1) is 0 Å². The Morgan fingerprint density at radius 1 is 1.00 bits per heavy atom. The highest BCUT2D eigenvalue weighted by Crippen LogP contribution is 2.33. The van der Waals surface area contributed by atoms with Gasteiger partial charge >= 0.3 is 0 Å². The first-order valence-electron chi connectivity index (χ1n) is 14.4. The molecule has 0 saturated carbocycles. The highest BCUT2D eigenvalue weighted by molar-refractivity contribution is 5.96. The lowest BCUT2D eigenvalue weighted by Gasteiger charge is -2.43. The third kappa shape index (κ3) is 5.13. The fourth-order valence-corrected chi connectivity index (χ4v) is 6.52. The summed E-state index contributed by atoms with van der Waals surface area (Å²) in [6.45, 7) is 11.1. The highest BCUT2D eigenvalue weighted by Gasteiger charge is 2.37. The number of hydrogen-bond acceptors (Lipinski definition) is 7. The fraction of sp³-hybridized carbons (Fsp3) is 0.516. The zero-order chi connectivity index (χ0) is 26.1. The molecule has 6 rings (SSSR count). The molecule has 4 aliphatic heterocycles. The van der Waals surface area contributed by atoms with Crippen molar-refractivity contribution in [2.75, 3.05) is 50.7 Å². The number of benzene rings is 1. The molecule has 7 nitrogen and oxygen atoms in total. The van der Waals surface area contributed by atoms with Gasteiger partial charge in [0.25, 0.3) is 0 Å². The normalized spacial score (nSPS) is 30.5. The molecule has 202 valence electrons. The Morgan fingerprint density at radius 2 is 1.76 bits per heavy atom. The zero-order valence-corrected chi connectivity index (χ0v) is 22.8. The molecule has 4 heterocycles. The maximum Gasteiger partial charge on any atom is 0.129 e. The number of aliphatic hydroxyl groups excluding tert-OH is 1. The second-order valence-electron chi connectivity index (χ2n) is 11.3. The predicted molar refractivity (Wildman–Crippen MR) is 155 cm³/mol. The molecule has 5 aliphatic rings. The lowest BCUT2D eigenvalue weighted by molar-refractivity contribution is -0.0331. The van der Waals surface area contributed by atoms with Crippen molar-refractivity contribution in [2.24, 2.45) is 10.9 Å². The van der Waals surface area contributed by atoms with Gasteiger partial charge in [0.1, 0.15) is 24.3 Å². The molecule has 0 bridgehead atoms. The van der Waals surface area contributed by atoms with E-state index in [-0.39, 0.29) is 12.2 Å². The third-order valence-corrected chi connectivity index (χ3v) is 9.04. The number of fused-ring (bicyclic) bond motifs is 1. The summed E-state index contributed by atoms with van der Waals surface area (Å²) in [6.07, 6.45) is 17.0. The summed E-state index contributed by atoms with van der Waals surface area (Å²) in [7, 11) is 0. The van der Waals surface area contributed by atoms with Crippen LogP contribution in [0.2, 0.25) is 0 Å². The summed E-state index contributed by atoms with van der Waals surface area (Å²) in [5, 5.41) is 14.8. The number of nitrogens with one attached hydrogen (secondary N) is 1. The number of aliphatic hydroxyl groups is 1. The molecule has 1 aromatic carbocycles. The van der Waals surface area contributed by atoms with E-state index in [0.717, 1.165) is 45.1 Å². The van der Waals surface area contributed by atoms with Crippen LogP contribution in [-0.4, -0.2) is 89.9 Å². The first-order valence-corrected chi connectivity index (χ1v) is 14.4. The summed E-state index contributed by atoms with van der Waals surface area (Å²) in [5.41, 5.74) is 3.96. The van der Waals surface area contributed by atoms with Gasteiger partial charge in [0.2, 0.25) is 0 Å². The molecular formula is C31H42N6O. The molecule has 0 radical (unpaired) electrons. The van der Waals surface area contributed by atoms with Crippen molar-refractivity contribution in [1.82, 2.24) is 20.0 Å². The van der Waals surface area contributed by atoms with Gasteiger partial charge in [0.05, 0.1) is 0 Å². The second-order valence-corrected chi connectivity index (χ2v) is 11.3. The monoisotopic (exact) mass is 514 g/mol. The number of amidine groups is 1. The smallest absolute Gasteiger partial charge is 0.129 e. The van der Waals surface area contributed by atoms with Crippen LogP contribution in [0.3, 0.4) is 0 Å². The Balaban J connectivity index is 1.07. The summed E-state index contributed by atoms with van der Waals surface area (Å²) in [6, 6.07) is 9.39. The molecule has 2 N–H and O–H groups in total. The quantitative estimate of drug-likeness (QED) is 0.581. The average Bonchev–Trinajstić information content (AvgIpc) is 3.62. The van der Waals surface area contributed by atoms with Crippen molar-refractivity contribution in [2.45, 2.75) is 51.2 Å². The van der Waals surface area contributed by atoms with E-state index >= 15 is 0 Å². The number of allylic oxidation sites excluding steroid dienone is 4. The number of aliphatic imine (C=N–C) groups is 1. The molecule has 5 unspecified atom stereocenters. The Bertz CT molecular complexity index is 1120. The van der Waals surface area contributed by atoms with E-state index in [4.69, 9.17) is 4.99 Å². The fourth-order valence-electron chi connectivity index (χ4n) is 6.52. The zero-order valence-electron chi connectivity index (χ0n) is 22.8. The number of rotatable bonds is 7. The standard InChI is InChI=1S/C31H42N6O/c1-23-8-7-9-27(24(23)2)35-18-20-36(21-19-35)29(38)22-32-31-30(33-28-10-3-4-17-37(28)31)25-11-13-26(14-12-25)34-15-5-6-16-34/h3-4,7-14,17,24,27,29-32,38H,5-6,15-16,18-22H2,1-2H3. The lowest BCUT2D eigenvalue weighted by atomic mass is 9.88. The van der Waals surface area contributed by atoms with Crippen molar-refractivity contribution < 1.29 is 5.11 Å². The lowest BCUT2D eigenvalue weighted by Crippen LogP contribution is -2.57. The van der Waals surface area contributed by atoms with Crippen LogP contribution < -0.4 is 10.2 Å². The van der Waals surface area contributed by atoms with Gasteiger partial charge in [-0.3, -0.25) is 20.1 Å². The van der Waals surface area contributed by atoms with E-state index in [1.165, 1.54) is 29.7 Å². The molecule has 1 aromatic rings. The number of hydrogen-bond donors (Lipinski definition) is 2. The molecule has 38 heavy (non-hydrogen) atoms. The second kappa shape index (κ2) is 11.2. The van der Waals surface area contributed by atoms with Crippen LogP contribution in [0.4, 0.5) is 5.69 Å².